The number of hydrogen-bond donors (Lipinski definition) is 1. The molecule has 8 heteroatoms. The Morgan fingerprint density at radius 1 is 0.971 bits per heavy atom. The normalized spacial score (nSPS) is 11.1. The lowest BCUT2D eigenvalue weighted by Crippen LogP contribution is -2.12. The number of nitrogens with zero attached hydrogens (tertiary/aromatic N) is 4. The molecule has 3 aromatic heterocycles. The topological polar surface area (TPSA) is 74.0 Å². The molecule has 0 bridgehead atoms. The molecule has 34 heavy (non-hydrogen) atoms. The van der Waals surface area contributed by atoms with Crippen LogP contribution >= 0.6 is 11.3 Å². The molecule has 3 heterocycles. The maximum absolute atomic E-state index is 13.0. The summed E-state index contributed by atoms with van der Waals surface area (Å²) in [5.74, 6) is 0.703. The Labute approximate surface area is 204 Å². The summed E-state index contributed by atoms with van der Waals surface area (Å²) >= 11 is 1.42. The molecular weight excluding hydrogens is 446 g/mol. The van der Waals surface area contributed by atoms with Crippen LogP contribution < -0.4 is 10.1 Å². The summed E-state index contributed by atoms with van der Waals surface area (Å²) in [5, 5.41) is 14.2. The lowest BCUT2D eigenvalue weighted by Gasteiger charge is -2.08. The van der Waals surface area contributed by atoms with Crippen molar-refractivity contribution in [2.45, 2.75) is 54.7 Å². The third-order valence-electron chi connectivity index (χ3n) is 6.07. The maximum Gasteiger partial charge on any atom is 0.265 e. The number of rotatable bonds is 7. The van der Waals surface area contributed by atoms with Crippen molar-refractivity contribution in [3.05, 3.63) is 79.6 Å². The second-order valence-corrected chi connectivity index (χ2v) is 9.77. The van der Waals surface area contributed by atoms with Crippen LogP contribution in [0.4, 0.5) is 5.69 Å². The van der Waals surface area contributed by atoms with Gasteiger partial charge in [-0.1, -0.05) is 6.07 Å². The maximum atomic E-state index is 13.0. The van der Waals surface area contributed by atoms with Crippen molar-refractivity contribution in [1.82, 2.24) is 19.6 Å². The van der Waals surface area contributed by atoms with Gasteiger partial charge >= 0.3 is 0 Å². The summed E-state index contributed by atoms with van der Waals surface area (Å²) in [5.41, 5.74) is 9.03. The zero-order valence-corrected chi connectivity index (χ0v) is 21.6. The summed E-state index contributed by atoms with van der Waals surface area (Å²) in [6.07, 6.45) is 0. The van der Waals surface area contributed by atoms with Crippen molar-refractivity contribution in [3.8, 4) is 5.75 Å². The molecule has 1 aromatic carbocycles. The first-order valence-corrected chi connectivity index (χ1v) is 12.1. The van der Waals surface area contributed by atoms with Gasteiger partial charge in [-0.15, -0.1) is 11.3 Å². The number of anilines is 1. The van der Waals surface area contributed by atoms with Gasteiger partial charge in [0.15, 0.2) is 0 Å². The predicted molar refractivity (Wildman–Crippen MR) is 136 cm³/mol. The number of hydrogen-bond acceptors (Lipinski definition) is 5. The van der Waals surface area contributed by atoms with Gasteiger partial charge in [-0.25, -0.2) is 0 Å². The summed E-state index contributed by atoms with van der Waals surface area (Å²) in [6.45, 7) is 13.1. The molecule has 0 spiro atoms. The van der Waals surface area contributed by atoms with E-state index in [0.29, 0.717) is 18.0 Å². The number of carbonyl (C=O) groups excluding carboxylic acids is 1. The average molecular weight is 478 g/mol. The highest BCUT2D eigenvalue weighted by Gasteiger charge is 2.19. The molecule has 0 radical (unpaired) electrons. The quantitative estimate of drug-likeness (QED) is 0.386. The molecular formula is C26H31N5O2S. The molecule has 0 unspecified atom stereocenters. The lowest BCUT2D eigenvalue weighted by atomic mass is 10.1. The van der Waals surface area contributed by atoms with Gasteiger partial charge in [0.25, 0.3) is 5.91 Å². The minimum Gasteiger partial charge on any atom is -0.489 e. The molecule has 0 aliphatic rings. The fourth-order valence-corrected chi connectivity index (χ4v) is 4.95. The molecule has 1 N–H and O–H groups in total. The van der Waals surface area contributed by atoms with E-state index in [1.165, 1.54) is 22.5 Å². The number of carbonyl (C=O) groups is 1. The van der Waals surface area contributed by atoms with Crippen LogP contribution in [0.15, 0.2) is 29.6 Å². The van der Waals surface area contributed by atoms with E-state index in [9.17, 15) is 4.79 Å². The van der Waals surface area contributed by atoms with Gasteiger partial charge < -0.3 is 10.1 Å². The van der Waals surface area contributed by atoms with E-state index in [-0.39, 0.29) is 5.91 Å². The van der Waals surface area contributed by atoms with Crippen LogP contribution in [-0.4, -0.2) is 25.5 Å². The smallest absolute Gasteiger partial charge is 0.265 e. The fraction of sp³-hybridized carbons (Fsp3) is 0.346. The first-order valence-electron chi connectivity index (χ1n) is 11.2. The second kappa shape index (κ2) is 9.46. The third kappa shape index (κ3) is 4.92. The van der Waals surface area contributed by atoms with Crippen LogP contribution in [0.25, 0.3) is 0 Å². The van der Waals surface area contributed by atoms with Gasteiger partial charge in [-0.05, 0) is 76.2 Å². The van der Waals surface area contributed by atoms with Crippen molar-refractivity contribution in [3.63, 3.8) is 0 Å². The summed E-state index contributed by atoms with van der Waals surface area (Å²) < 4.78 is 9.76. The number of aryl methyl sites for hydroxylation is 5. The van der Waals surface area contributed by atoms with Crippen LogP contribution in [0.3, 0.4) is 0 Å². The van der Waals surface area contributed by atoms with Gasteiger partial charge in [0, 0.05) is 23.9 Å². The molecule has 1 amide bonds. The van der Waals surface area contributed by atoms with Gasteiger partial charge in [-0.2, -0.15) is 10.2 Å². The SMILES string of the molecule is Cc1cc(C)cc(OCc2csc(C(=O)Nc3c(C)nn(Cc4c(C)nn(C)c4C)c3C)c2)c1. The van der Waals surface area contributed by atoms with Gasteiger partial charge in [0.2, 0.25) is 0 Å². The molecule has 0 saturated heterocycles. The van der Waals surface area contributed by atoms with Crippen molar-refractivity contribution >= 4 is 22.9 Å². The fourth-order valence-electron chi connectivity index (χ4n) is 4.16. The Kier molecular flexibility index (Phi) is 6.61. The van der Waals surface area contributed by atoms with E-state index in [0.717, 1.165) is 45.3 Å². The third-order valence-corrected chi connectivity index (χ3v) is 7.04. The number of thiophene rings is 1. The highest BCUT2D eigenvalue weighted by atomic mass is 32.1. The van der Waals surface area contributed by atoms with Crippen molar-refractivity contribution < 1.29 is 9.53 Å². The molecule has 0 saturated carbocycles. The molecule has 4 rings (SSSR count). The van der Waals surface area contributed by atoms with Crippen molar-refractivity contribution in [2.75, 3.05) is 5.32 Å². The second-order valence-electron chi connectivity index (χ2n) is 8.86. The Morgan fingerprint density at radius 3 is 2.32 bits per heavy atom. The molecule has 178 valence electrons. The van der Waals surface area contributed by atoms with E-state index >= 15 is 0 Å². The summed E-state index contributed by atoms with van der Waals surface area (Å²) in [4.78, 5) is 13.6. The number of amides is 1. The Balaban J connectivity index is 1.44. The number of benzene rings is 1. The van der Waals surface area contributed by atoms with Crippen LogP contribution in [0.2, 0.25) is 0 Å². The van der Waals surface area contributed by atoms with E-state index in [1.807, 2.05) is 60.8 Å². The highest BCUT2D eigenvalue weighted by molar-refractivity contribution is 7.12. The van der Waals surface area contributed by atoms with Crippen LogP contribution in [0.5, 0.6) is 5.75 Å². The molecule has 0 fully saturated rings. The van der Waals surface area contributed by atoms with Crippen molar-refractivity contribution in [1.29, 1.82) is 0 Å². The number of ether oxygens (including phenoxy) is 1. The zero-order chi connectivity index (χ0) is 24.6. The van der Waals surface area contributed by atoms with Crippen LogP contribution in [0.1, 0.15) is 54.7 Å². The summed E-state index contributed by atoms with van der Waals surface area (Å²) in [7, 11) is 1.95. The monoisotopic (exact) mass is 477 g/mol. The number of nitrogens with one attached hydrogen (secondary N) is 1. The Bertz CT molecular complexity index is 1340. The number of aromatic nitrogens is 4. The highest BCUT2D eigenvalue weighted by Crippen LogP contribution is 2.25. The molecule has 7 nitrogen and oxygen atoms in total. The van der Waals surface area contributed by atoms with Crippen LogP contribution in [0, 0.1) is 41.5 Å². The average Bonchev–Trinajstić information content (AvgIpc) is 3.41. The van der Waals surface area contributed by atoms with E-state index in [2.05, 4.69) is 42.4 Å². The largest absolute Gasteiger partial charge is 0.489 e. The molecule has 0 aliphatic heterocycles. The van der Waals surface area contributed by atoms with Gasteiger partial charge in [0.1, 0.15) is 12.4 Å². The molecule has 0 aliphatic carbocycles. The molecule has 0 atom stereocenters. The minimum atomic E-state index is -0.137. The van der Waals surface area contributed by atoms with Crippen molar-refractivity contribution in [2.24, 2.45) is 7.05 Å². The molecule has 4 aromatic rings. The van der Waals surface area contributed by atoms with Gasteiger partial charge in [-0.3, -0.25) is 14.2 Å². The van der Waals surface area contributed by atoms with Crippen LogP contribution in [-0.2, 0) is 20.2 Å². The van der Waals surface area contributed by atoms with E-state index < -0.39 is 0 Å². The standard InChI is InChI=1S/C26H31N5O2S/c1-15-8-16(2)10-22(9-15)33-13-21-11-24(34-14-21)26(32)27-25-18(4)29-31(20(25)6)12-23-17(3)28-30(7)19(23)5/h8-11,14H,12-13H2,1-7H3,(H,27,32). The van der Waals surface area contributed by atoms with Gasteiger partial charge in [0.05, 0.1) is 34.2 Å². The first kappa shape index (κ1) is 23.8. The zero-order valence-electron chi connectivity index (χ0n) is 20.8. The van der Waals surface area contributed by atoms with E-state index in [1.54, 1.807) is 0 Å². The Morgan fingerprint density at radius 2 is 1.68 bits per heavy atom. The van der Waals surface area contributed by atoms with E-state index in [4.69, 9.17) is 4.74 Å². The Hall–Kier alpha value is -3.39. The lowest BCUT2D eigenvalue weighted by molar-refractivity contribution is 0.103. The minimum absolute atomic E-state index is 0.137. The predicted octanol–water partition coefficient (Wildman–Crippen LogP) is 5.41. The summed E-state index contributed by atoms with van der Waals surface area (Å²) in [6, 6.07) is 8.04. The first-order chi connectivity index (χ1) is 16.1.